The maximum absolute atomic E-state index is 12.3. The molecule has 0 aliphatic carbocycles. The van der Waals surface area contributed by atoms with Crippen LogP contribution in [0.2, 0.25) is 0 Å². The second-order valence-electron chi connectivity index (χ2n) is 5.21. The van der Waals surface area contributed by atoms with Gasteiger partial charge in [0.05, 0.1) is 18.0 Å². The quantitative estimate of drug-likeness (QED) is 0.523. The number of amides is 1. The van der Waals surface area contributed by atoms with Gasteiger partial charge >= 0.3 is 0 Å². The van der Waals surface area contributed by atoms with Gasteiger partial charge in [-0.3, -0.25) is 9.89 Å². The molecule has 3 rings (SSSR count). The summed E-state index contributed by atoms with van der Waals surface area (Å²) in [6.45, 7) is 4.34. The molecule has 0 saturated heterocycles. The summed E-state index contributed by atoms with van der Waals surface area (Å²) in [6.07, 6.45) is 0. The van der Waals surface area contributed by atoms with Crippen molar-refractivity contribution in [3.63, 3.8) is 0 Å². The number of ether oxygens (including phenoxy) is 1. The van der Waals surface area contributed by atoms with Crippen LogP contribution in [0.25, 0.3) is 11.3 Å². The summed E-state index contributed by atoms with van der Waals surface area (Å²) in [5, 5.41) is 13.1. The smallest absolute Gasteiger partial charge is 0.289 e. The number of nitrogens with one attached hydrogen (secondary N) is 2. The summed E-state index contributed by atoms with van der Waals surface area (Å²) in [5.41, 5.74) is 5.11. The molecule has 0 saturated carbocycles. The van der Waals surface area contributed by atoms with Crippen LogP contribution in [0, 0.1) is 0 Å². The van der Waals surface area contributed by atoms with Gasteiger partial charge in [-0.1, -0.05) is 18.2 Å². The van der Waals surface area contributed by atoms with Crippen molar-refractivity contribution in [1.29, 1.82) is 0 Å². The van der Waals surface area contributed by atoms with Crippen molar-refractivity contribution >= 4 is 23.0 Å². The van der Waals surface area contributed by atoms with Crippen LogP contribution in [-0.4, -0.2) is 28.4 Å². The van der Waals surface area contributed by atoms with Crippen molar-refractivity contribution in [1.82, 2.24) is 15.6 Å². The van der Waals surface area contributed by atoms with Gasteiger partial charge in [-0.05, 0) is 43.5 Å². The Bertz CT molecular complexity index is 884. The first-order valence-corrected chi connectivity index (χ1v) is 8.73. The summed E-state index contributed by atoms with van der Waals surface area (Å²) in [5.74, 6) is 0.388. The normalized spacial score (nSPS) is 11.4. The third kappa shape index (κ3) is 3.95. The van der Waals surface area contributed by atoms with Crippen LogP contribution in [0.4, 0.5) is 0 Å². The average molecular weight is 354 g/mol. The van der Waals surface area contributed by atoms with Gasteiger partial charge in [-0.15, -0.1) is 11.3 Å². The number of rotatable bonds is 6. The monoisotopic (exact) mass is 354 g/mol. The molecule has 128 valence electrons. The fraction of sp³-hybridized carbons (Fsp3) is 0.167. The lowest BCUT2D eigenvalue weighted by atomic mass is 10.1. The molecule has 0 bridgehead atoms. The lowest BCUT2D eigenvalue weighted by Crippen LogP contribution is -2.19. The molecule has 0 fully saturated rings. The van der Waals surface area contributed by atoms with Crippen molar-refractivity contribution in [3.8, 4) is 17.0 Å². The van der Waals surface area contributed by atoms with E-state index in [9.17, 15) is 4.79 Å². The minimum absolute atomic E-state index is 0.337. The zero-order valence-corrected chi connectivity index (χ0v) is 14.8. The van der Waals surface area contributed by atoms with Crippen molar-refractivity contribution < 1.29 is 9.53 Å². The molecule has 3 aromatic rings. The Balaban J connectivity index is 1.75. The Kier molecular flexibility index (Phi) is 5.25. The number of hydrogen-bond acceptors (Lipinski definition) is 5. The fourth-order valence-electron chi connectivity index (χ4n) is 2.27. The Morgan fingerprint density at radius 2 is 2.16 bits per heavy atom. The van der Waals surface area contributed by atoms with Crippen molar-refractivity contribution in [2.24, 2.45) is 5.10 Å². The minimum atomic E-state index is -0.344. The van der Waals surface area contributed by atoms with Gasteiger partial charge in [-0.2, -0.15) is 10.2 Å². The summed E-state index contributed by atoms with van der Waals surface area (Å²) >= 11 is 1.57. The molecule has 1 amide bonds. The molecule has 0 radical (unpaired) electrons. The molecule has 0 spiro atoms. The molecule has 2 heterocycles. The molecule has 1 aromatic carbocycles. The van der Waals surface area contributed by atoms with Crippen LogP contribution >= 0.6 is 11.3 Å². The third-order valence-corrected chi connectivity index (χ3v) is 4.47. The van der Waals surface area contributed by atoms with Gasteiger partial charge in [0.2, 0.25) is 0 Å². The lowest BCUT2D eigenvalue weighted by molar-refractivity contribution is 0.0950. The van der Waals surface area contributed by atoms with Crippen LogP contribution in [0.3, 0.4) is 0 Å². The van der Waals surface area contributed by atoms with Gasteiger partial charge in [-0.25, -0.2) is 5.43 Å². The van der Waals surface area contributed by atoms with E-state index in [1.54, 1.807) is 17.4 Å². The Hall–Kier alpha value is -2.93. The number of H-pyrrole nitrogens is 1. The number of benzene rings is 1. The SMILES string of the molecule is CCOc1ccccc1-c1cc(C(=O)N/N=C(\C)c2cccs2)[nH]n1. The first-order chi connectivity index (χ1) is 12.2. The number of aromatic nitrogens is 2. The number of hydrogen-bond donors (Lipinski definition) is 2. The highest BCUT2D eigenvalue weighted by Gasteiger charge is 2.13. The summed E-state index contributed by atoms with van der Waals surface area (Å²) < 4.78 is 5.61. The summed E-state index contributed by atoms with van der Waals surface area (Å²) in [7, 11) is 0. The van der Waals surface area contributed by atoms with E-state index in [4.69, 9.17) is 4.74 Å². The number of thiophene rings is 1. The highest BCUT2D eigenvalue weighted by Crippen LogP contribution is 2.28. The number of aromatic amines is 1. The number of carbonyl (C=O) groups is 1. The molecule has 0 aliphatic rings. The number of hydrazone groups is 1. The lowest BCUT2D eigenvalue weighted by Gasteiger charge is -2.07. The average Bonchev–Trinajstić information content (AvgIpc) is 3.32. The molecule has 2 aromatic heterocycles. The molecular formula is C18H18N4O2S. The molecule has 0 atom stereocenters. The molecule has 0 aliphatic heterocycles. The largest absolute Gasteiger partial charge is 0.493 e. The predicted molar refractivity (Wildman–Crippen MR) is 99.2 cm³/mol. The number of para-hydroxylation sites is 1. The molecule has 6 nitrogen and oxygen atoms in total. The van der Waals surface area contributed by atoms with Gasteiger partial charge in [0.25, 0.3) is 5.91 Å². The summed E-state index contributed by atoms with van der Waals surface area (Å²) in [4.78, 5) is 13.3. The Labute approximate surface area is 149 Å². The molecular weight excluding hydrogens is 336 g/mol. The molecule has 7 heteroatoms. The molecule has 25 heavy (non-hydrogen) atoms. The first-order valence-electron chi connectivity index (χ1n) is 7.85. The highest BCUT2D eigenvalue weighted by atomic mass is 32.1. The number of nitrogens with zero attached hydrogens (tertiary/aromatic N) is 2. The van der Waals surface area contributed by atoms with Crippen LogP contribution in [-0.2, 0) is 0 Å². The van der Waals surface area contributed by atoms with Gasteiger partial charge in [0.1, 0.15) is 11.4 Å². The zero-order valence-electron chi connectivity index (χ0n) is 13.9. The summed E-state index contributed by atoms with van der Waals surface area (Å²) in [6, 6.07) is 13.2. The number of carbonyl (C=O) groups excluding carboxylic acids is 1. The third-order valence-electron chi connectivity index (χ3n) is 3.49. The maximum Gasteiger partial charge on any atom is 0.289 e. The zero-order chi connectivity index (χ0) is 17.6. The second-order valence-corrected chi connectivity index (χ2v) is 6.16. The van der Waals surface area contributed by atoms with E-state index in [0.717, 1.165) is 21.9 Å². The minimum Gasteiger partial charge on any atom is -0.493 e. The topological polar surface area (TPSA) is 79.4 Å². The van der Waals surface area contributed by atoms with Crippen molar-refractivity contribution in [3.05, 3.63) is 58.4 Å². The van der Waals surface area contributed by atoms with Crippen LogP contribution < -0.4 is 10.2 Å². The van der Waals surface area contributed by atoms with E-state index in [1.807, 2.05) is 55.6 Å². The Morgan fingerprint density at radius 3 is 2.92 bits per heavy atom. The van der Waals surface area contributed by atoms with E-state index in [-0.39, 0.29) is 5.91 Å². The molecule has 2 N–H and O–H groups in total. The van der Waals surface area contributed by atoms with E-state index in [1.165, 1.54) is 0 Å². The standard InChI is InChI=1S/C18H18N4O2S/c1-3-24-16-8-5-4-7-13(16)14-11-15(21-20-14)18(23)22-19-12(2)17-9-6-10-25-17/h4-11H,3H2,1-2H3,(H,20,21)(H,22,23)/b19-12+. The highest BCUT2D eigenvalue weighted by molar-refractivity contribution is 7.12. The second kappa shape index (κ2) is 7.76. The van der Waals surface area contributed by atoms with Gasteiger partial charge < -0.3 is 4.74 Å². The van der Waals surface area contributed by atoms with Crippen LogP contribution in [0.15, 0.2) is 52.9 Å². The van der Waals surface area contributed by atoms with E-state index >= 15 is 0 Å². The predicted octanol–water partition coefficient (Wildman–Crippen LogP) is 3.69. The van der Waals surface area contributed by atoms with Crippen LogP contribution in [0.5, 0.6) is 5.75 Å². The van der Waals surface area contributed by atoms with Crippen LogP contribution in [0.1, 0.15) is 29.2 Å². The van der Waals surface area contributed by atoms with Gasteiger partial charge in [0.15, 0.2) is 0 Å². The molecule has 0 unspecified atom stereocenters. The van der Waals surface area contributed by atoms with E-state index in [2.05, 4.69) is 20.7 Å². The van der Waals surface area contributed by atoms with E-state index in [0.29, 0.717) is 18.0 Å². The van der Waals surface area contributed by atoms with E-state index < -0.39 is 0 Å². The Morgan fingerprint density at radius 1 is 1.32 bits per heavy atom. The fourth-order valence-corrected chi connectivity index (χ4v) is 2.95. The first kappa shape index (κ1) is 16.9. The van der Waals surface area contributed by atoms with Gasteiger partial charge in [0, 0.05) is 10.4 Å². The van der Waals surface area contributed by atoms with Crippen molar-refractivity contribution in [2.75, 3.05) is 6.61 Å². The van der Waals surface area contributed by atoms with Crippen molar-refractivity contribution in [2.45, 2.75) is 13.8 Å². The maximum atomic E-state index is 12.3.